The molecule has 0 fully saturated rings. The van der Waals surface area contributed by atoms with Crippen LogP contribution in [0.4, 0.5) is 9.52 Å². The number of H-pyrrole nitrogens is 1. The molecule has 4 aromatic rings. The smallest absolute Gasteiger partial charge is 0.273 e. The first-order valence-electron chi connectivity index (χ1n) is 9.17. The number of thiazole rings is 1. The number of halogens is 1. The summed E-state index contributed by atoms with van der Waals surface area (Å²) in [5, 5.41) is 6.25. The number of aromatic nitrogens is 3. The molecule has 0 unspecified atom stereocenters. The van der Waals surface area contributed by atoms with Crippen molar-refractivity contribution in [2.24, 2.45) is 0 Å². The summed E-state index contributed by atoms with van der Waals surface area (Å²) >= 11 is 1.31. The fourth-order valence-corrected chi connectivity index (χ4v) is 3.98. The summed E-state index contributed by atoms with van der Waals surface area (Å²) in [5.74, 6) is -0.669. The molecule has 152 valence electrons. The molecule has 0 aliphatic carbocycles. The van der Waals surface area contributed by atoms with Crippen LogP contribution >= 0.6 is 11.3 Å². The number of anilines is 1. The molecule has 0 bridgehead atoms. The highest BCUT2D eigenvalue weighted by Gasteiger charge is 2.13. The Balaban J connectivity index is 1.47. The lowest BCUT2D eigenvalue weighted by Gasteiger charge is -2.07. The van der Waals surface area contributed by atoms with E-state index in [1.165, 1.54) is 23.5 Å². The third-order valence-corrected chi connectivity index (χ3v) is 5.49. The fraction of sp³-hybridized carbons (Fsp3) is 0.143. The third kappa shape index (κ3) is 3.92. The highest BCUT2D eigenvalue weighted by Crippen LogP contribution is 2.30. The molecule has 0 saturated heterocycles. The van der Waals surface area contributed by atoms with Crippen molar-refractivity contribution in [1.29, 1.82) is 0 Å². The molecule has 4 rings (SSSR count). The molecule has 2 heterocycles. The summed E-state index contributed by atoms with van der Waals surface area (Å²) in [6, 6.07) is 12.5. The number of rotatable bonds is 5. The fourth-order valence-electron chi connectivity index (χ4n) is 3.12. The van der Waals surface area contributed by atoms with Crippen LogP contribution in [0.2, 0.25) is 0 Å². The average Bonchev–Trinajstić information content (AvgIpc) is 3.10. The Morgan fingerprint density at radius 1 is 1.13 bits per heavy atom. The van der Waals surface area contributed by atoms with E-state index in [4.69, 9.17) is 0 Å². The molecule has 2 aromatic heterocycles. The summed E-state index contributed by atoms with van der Waals surface area (Å²) in [6.45, 7) is 1.89. The number of amides is 1. The molecule has 0 radical (unpaired) electrons. The first kappa shape index (κ1) is 19.7. The van der Waals surface area contributed by atoms with E-state index in [1.54, 1.807) is 36.4 Å². The summed E-state index contributed by atoms with van der Waals surface area (Å²) < 4.78 is 14.3. The van der Waals surface area contributed by atoms with Gasteiger partial charge in [-0.15, -0.1) is 11.3 Å². The van der Waals surface area contributed by atoms with Gasteiger partial charge in [-0.3, -0.25) is 19.5 Å². The van der Waals surface area contributed by atoms with Gasteiger partial charge >= 0.3 is 0 Å². The van der Waals surface area contributed by atoms with Crippen LogP contribution in [-0.2, 0) is 11.3 Å². The van der Waals surface area contributed by atoms with Gasteiger partial charge in [0, 0.05) is 16.9 Å². The van der Waals surface area contributed by atoms with Crippen molar-refractivity contribution in [3.05, 3.63) is 79.9 Å². The largest absolute Gasteiger partial charge is 0.302 e. The Morgan fingerprint density at radius 2 is 1.83 bits per heavy atom. The number of hydrogen-bond acceptors (Lipinski definition) is 5. The van der Waals surface area contributed by atoms with Crippen LogP contribution in [0.15, 0.2) is 58.1 Å². The Kier molecular flexibility index (Phi) is 5.28. The first-order chi connectivity index (χ1) is 14.4. The molecule has 0 atom stereocenters. The van der Waals surface area contributed by atoms with Crippen LogP contribution in [0.5, 0.6) is 0 Å². The third-order valence-electron chi connectivity index (χ3n) is 4.61. The second-order valence-corrected chi connectivity index (χ2v) is 7.88. The molecule has 0 aliphatic rings. The van der Waals surface area contributed by atoms with E-state index >= 15 is 0 Å². The maximum atomic E-state index is 13.1. The lowest BCUT2D eigenvalue weighted by Crippen LogP contribution is -2.31. The van der Waals surface area contributed by atoms with Crippen molar-refractivity contribution in [3.8, 4) is 11.3 Å². The summed E-state index contributed by atoms with van der Waals surface area (Å²) in [6.07, 6.45) is -0.0152. The zero-order valence-electron chi connectivity index (χ0n) is 15.9. The van der Waals surface area contributed by atoms with E-state index < -0.39 is 0 Å². The second kappa shape index (κ2) is 8.03. The lowest BCUT2D eigenvalue weighted by atomic mass is 10.1. The van der Waals surface area contributed by atoms with Gasteiger partial charge in [0.15, 0.2) is 5.13 Å². The number of carbonyl (C=O) groups is 1. The van der Waals surface area contributed by atoms with E-state index in [0.717, 1.165) is 15.1 Å². The van der Waals surface area contributed by atoms with Gasteiger partial charge in [0.05, 0.1) is 23.0 Å². The highest BCUT2D eigenvalue weighted by molar-refractivity contribution is 7.16. The van der Waals surface area contributed by atoms with Crippen LogP contribution in [-0.4, -0.2) is 20.7 Å². The van der Waals surface area contributed by atoms with Gasteiger partial charge < -0.3 is 5.32 Å². The van der Waals surface area contributed by atoms with Gasteiger partial charge in [0.25, 0.3) is 11.1 Å². The molecule has 0 aliphatic heterocycles. The minimum absolute atomic E-state index is 0.0152. The van der Waals surface area contributed by atoms with Gasteiger partial charge in [-0.25, -0.2) is 14.1 Å². The van der Waals surface area contributed by atoms with Gasteiger partial charge in [0.1, 0.15) is 5.82 Å². The second-order valence-electron chi connectivity index (χ2n) is 6.67. The number of fused-ring (bicyclic) bond motifs is 1. The Labute approximate surface area is 173 Å². The molecule has 30 heavy (non-hydrogen) atoms. The summed E-state index contributed by atoms with van der Waals surface area (Å²) in [5.41, 5.74) is 0.683. The Morgan fingerprint density at radius 3 is 2.57 bits per heavy atom. The summed E-state index contributed by atoms with van der Waals surface area (Å²) in [4.78, 5) is 42.3. The van der Waals surface area contributed by atoms with Crippen molar-refractivity contribution < 1.29 is 9.18 Å². The Hall–Kier alpha value is -3.59. The molecule has 7 nitrogen and oxygen atoms in total. The molecular formula is C21H17FN4O3S. The predicted octanol–water partition coefficient (Wildman–Crippen LogP) is 3.29. The van der Waals surface area contributed by atoms with Gasteiger partial charge in [-0.2, -0.15) is 0 Å². The molecule has 9 heteroatoms. The monoisotopic (exact) mass is 424 g/mol. The van der Waals surface area contributed by atoms with Crippen LogP contribution in [0, 0.1) is 12.7 Å². The molecular weight excluding hydrogens is 407 g/mol. The first-order valence-corrected chi connectivity index (χ1v) is 9.99. The van der Waals surface area contributed by atoms with Gasteiger partial charge in [-0.1, -0.05) is 12.1 Å². The highest BCUT2D eigenvalue weighted by atomic mass is 32.1. The molecule has 2 N–H and O–H groups in total. The van der Waals surface area contributed by atoms with Crippen molar-refractivity contribution >= 4 is 33.1 Å². The zero-order valence-corrected chi connectivity index (χ0v) is 16.8. The van der Waals surface area contributed by atoms with Crippen molar-refractivity contribution in [3.63, 3.8) is 0 Å². The number of benzene rings is 2. The zero-order chi connectivity index (χ0) is 21.3. The van der Waals surface area contributed by atoms with Crippen molar-refractivity contribution in [2.75, 3.05) is 5.32 Å². The topological polar surface area (TPSA) is 96.9 Å². The van der Waals surface area contributed by atoms with E-state index in [9.17, 15) is 18.8 Å². The lowest BCUT2D eigenvalue weighted by molar-refractivity contribution is -0.116. The quantitative estimate of drug-likeness (QED) is 0.514. The van der Waals surface area contributed by atoms with Crippen molar-refractivity contribution in [2.45, 2.75) is 19.9 Å². The van der Waals surface area contributed by atoms with Gasteiger partial charge in [0.2, 0.25) is 5.91 Å². The number of nitrogens with one attached hydrogen (secondary N) is 2. The molecule has 1 amide bonds. The van der Waals surface area contributed by atoms with E-state index in [1.807, 2.05) is 6.92 Å². The number of carbonyl (C=O) groups excluding carboxylic acids is 1. The van der Waals surface area contributed by atoms with E-state index in [2.05, 4.69) is 15.4 Å². The Bertz CT molecular complexity index is 1360. The van der Waals surface area contributed by atoms with E-state index in [-0.39, 0.29) is 35.8 Å². The maximum absolute atomic E-state index is 13.1. The van der Waals surface area contributed by atoms with E-state index in [0.29, 0.717) is 21.6 Å². The number of aromatic amines is 1. The van der Waals surface area contributed by atoms with Crippen LogP contribution < -0.4 is 16.4 Å². The van der Waals surface area contributed by atoms with Crippen LogP contribution in [0.1, 0.15) is 11.3 Å². The predicted molar refractivity (Wildman–Crippen MR) is 114 cm³/mol. The van der Waals surface area contributed by atoms with Crippen LogP contribution in [0.25, 0.3) is 22.0 Å². The normalized spacial score (nSPS) is 11.0. The molecule has 0 saturated carbocycles. The summed E-state index contributed by atoms with van der Waals surface area (Å²) in [7, 11) is 0. The number of aryl methyl sites for hydroxylation is 2. The van der Waals surface area contributed by atoms with Crippen molar-refractivity contribution in [1.82, 2.24) is 14.8 Å². The minimum atomic E-state index is -0.384. The van der Waals surface area contributed by atoms with Gasteiger partial charge in [-0.05, 0) is 43.3 Å². The maximum Gasteiger partial charge on any atom is 0.273 e. The standard InChI is InChI=1S/C21H17FN4O3S/c1-12-18(13-6-8-14(22)9-7-13)24-21(30-12)23-17(27)10-11-26-20(29)16-5-3-2-4-15(16)19(28)25-26/h2-9H,10-11H2,1H3,(H,25,28)(H,23,24,27). The number of nitrogens with zero attached hydrogens (tertiary/aromatic N) is 2. The number of hydrogen-bond donors (Lipinski definition) is 2. The SMILES string of the molecule is Cc1sc(NC(=O)CCn2[nH]c(=O)c3ccccc3c2=O)nc1-c1ccc(F)cc1. The minimum Gasteiger partial charge on any atom is -0.302 e. The molecule has 0 spiro atoms. The average molecular weight is 424 g/mol. The molecule has 2 aromatic carbocycles. The van der Waals surface area contributed by atoms with Crippen LogP contribution in [0.3, 0.4) is 0 Å².